The van der Waals surface area contributed by atoms with Gasteiger partial charge in [0.25, 0.3) is 0 Å². The van der Waals surface area contributed by atoms with Crippen LogP contribution in [0.3, 0.4) is 0 Å². The van der Waals surface area contributed by atoms with E-state index in [4.69, 9.17) is 0 Å². The molecule has 0 bridgehead atoms. The van der Waals surface area contributed by atoms with Crippen molar-refractivity contribution in [2.24, 2.45) is 0 Å². The van der Waals surface area contributed by atoms with E-state index in [1.165, 1.54) is 19.2 Å². The minimum atomic E-state index is -0.866. The Labute approximate surface area is 138 Å². The standard InChI is InChI=1S/C20H15F3O/c1-12-3-5-13(6-4-12)14-7-8-16(17(21)9-14)15-10-18(22)20(24-2)19(23)11-15/h3-11H,1-2H3. The van der Waals surface area contributed by atoms with Gasteiger partial charge in [-0.25, -0.2) is 13.2 Å². The number of ether oxygens (including phenoxy) is 1. The van der Waals surface area contributed by atoms with Gasteiger partial charge in [-0.05, 0) is 41.8 Å². The van der Waals surface area contributed by atoms with Crippen molar-refractivity contribution >= 4 is 0 Å². The lowest BCUT2D eigenvalue weighted by molar-refractivity contribution is 0.360. The molecule has 122 valence electrons. The number of rotatable bonds is 3. The van der Waals surface area contributed by atoms with Crippen LogP contribution >= 0.6 is 0 Å². The minimum Gasteiger partial charge on any atom is -0.491 e. The van der Waals surface area contributed by atoms with E-state index in [0.29, 0.717) is 5.56 Å². The molecule has 0 aliphatic carbocycles. The molecule has 0 spiro atoms. The number of halogens is 3. The molecular formula is C20H15F3O. The van der Waals surface area contributed by atoms with Crippen LogP contribution in [0.2, 0.25) is 0 Å². The molecule has 24 heavy (non-hydrogen) atoms. The van der Waals surface area contributed by atoms with Crippen molar-refractivity contribution in [2.45, 2.75) is 6.92 Å². The quantitative estimate of drug-likeness (QED) is 0.594. The predicted octanol–water partition coefficient (Wildman–Crippen LogP) is 5.75. The van der Waals surface area contributed by atoms with Crippen molar-refractivity contribution < 1.29 is 17.9 Å². The molecule has 3 aromatic rings. The molecule has 0 N–H and O–H groups in total. The zero-order valence-electron chi connectivity index (χ0n) is 13.2. The van der Waals surface area contributed by atoms with Gasteiger partial charge in [0.15, 0.2) is 17.4 Å². The molecule has 1 nitrogen and oxygen atoms in total. The Hall–Kier alpha value is -2.75. The van der Waals surface area contributed by atoms with Crippen LogP contribution in [0.25, 0.3) is 22.3 Å². The molecule has 0 heterocycles. The highest BCUT2D eigenvalue weighted by atomic mass is 19.1. The summed E-state index contributed by atoms with van der Waals surface area (Å²) in [6.45, 7) is 1.97. The van der Waals surface area contributed by atoms with E-state index >= 15 is 0 Å². The van der Waals surface area contributed by atoms with Crippen molar-refractivity contribution in [3.63, 3.8) is 0 Å². The van der Waals surface area contributed by atoms with Crippen molar-refractivity contribution in [2.75, 3.05) is 7.11 Å². The Balaban J connectivity index is 2.03. The highest BCUT2D eigenvalue weighted by Gasteiger charge is 2.15. The number of hydrogen-bond donors (Lipinski definition) is 0. The van der Waals surface area contributed by atoms with Gasteiger partial charge in [-0.15, -0.1) is 0 Å². The fourth-order valence-corrected chi connectivity index (χ4v) is 2.59. The Bertz CT molecular complexity index is 863. The van der Waals surface area contributed by atoms with Crippen LogP contribution in [0.1, 0.15) is 5.56 Å². The van der Waals surface area contributed by atoms with E-state index in [2.05, 4.69) is 4.74 Å². The van der Waals surface area contributed by atoms with Crippen LogP contribution in [0.15, 0.2) is 54.6 Å². The molecular weight excluding hydrogens is 313 g/mol. The minimum absolute atomic E-state index is 0.124. The fraction of sp³-hybridized carbons (Fsp3) is 0.100. The van der Waals surface area contributed by atoms with Gasteiger partial charge in [0.2, 0.25) is 0 Å². The van der Waals surface area contributed by atoms with Crippen molar-refractivity contribution in [3.05, 3.63) is 77.6 Å². The lowest BCUT2D eigenvalue weighted by Gasteiger charge is -2.10. The van der Waals surface area contributed by atoms with E-state index < -0.39 is 23.2 Å². The van der Waals surface area contributed by atoms with Crippen LogP contribution in [0.5, 0.6) is 5.75 Å². The monoisotopic (exact) mass is 328 g/mol. The number of hydrogen-bond acceptors (Lipinski definition) is 1. The van der Waals surface area contributed by atoms with Crippen LogP contribution in [0, 0.1) is 24.4 Å². The first kappa shape index (κ1) is 16.1. The van der Waals surface area contributed by atoms with Gasteiger partial charge in [-0.3, -0.25) is 0 Å². The van der Waals surface area contributed by atoms with Gasteiger partial charge < -0.3 is 4.74 Å². The van der Waals surface area contributed by atoms with Crippen LogP contribution in [-0.4, -0.2) is 7.11 Å². The maximum atomic E-state index is 14.5. The number of benzene rings is 3. The van der Waals surface area contributed by atoms with Crippen molar-refractivity contribution in [3.8, 4) is 28.0 Å². The molecule has 0 aliphatic heterocycles. The number of aryl methyl sites for hydroxylation is 1. The highest BCUT2D eigenvalue weighted by Crippen LogP contribution is 2.32. The molecule has 0 saturated carbocycles. The Morgan fingerprint density at radius 3 is 1.75 bits per heavy atom. The molecule has 0 fully saturated rings. The molecule has 4 heteroatoms. The summed E-state index contributed by atoms with van der Waals surface area (Å²) < 4.78 is 46.8. The average molecular weight is 328 g/mol. The Morgan fingerprint density at radius 2 is 1.21 bits per heavy atom. The molecule has 0 amide bonds. The van der Waals surface area contributed by atoms with E-state index in [-0.39, 0.29) is 11.1 Å². The topological polar surface area (TPSA) is 9.23 Å². The van der Waals surface area contributed by atoms with Crippen LogP contribution in [0.4, 0.5) is 13.2 Å². The molecule has 0 unspecified atom stereocenters. The van der Waals surface area contributed by atoms with Crippen molar-refractivity contribution in [1.82, 2.24) is 0 Å². The summed E-state index contributed by atoms with van der Waals surface area (Å²) in [7, 11) is 1.18. The van der Waals surface area contributed by atoms with E-state index in [1.54, 1.807) is 6.07 Å². The molecule has 3 aromatic carbocycles. The van der Waals surface area contributed by atoms with Crippen LogP contribution < -0.4 is 4.74 Å². The zero-order chi connectivity index (χ0) is 17.3. The van der Waals surface area contributed by atoms with E-state index in [1.807, 2.05) is 31.2 Å². The molecule has 0 atom stereocenters. The van der Waals surface area contributed by atoms with Gasteiger partial charge in [0.05, 0.1) is 7.11 Å². The summed E-state index contributed by atoms with van der Waals surface area (Å²) in [6.07, 6.45) is 0. The Morgan fingerprint density at radius 1 is 0.667 bits per heavy atom. The third-order valence-corrected chi connectivity index (χ3v) is 3.87. The maximum absolute atomic E-state index is 14.5. The smallest absolute Gasteiger partial charge is 0.190 e. The second-order valence-electron chi connectivity index (χ2n) is 5.53. The van der Waals surface area contributed by atoms with Gasteiger partial charge >= 0.3 is 0 Å². The first-order valence-corrected chi connectivity index (χ1v) is 7.39. The van der Waals surface area contributed by atoms with E-state index in [0.717, 1.165) is 23.3 Å². The molecule has 0 aromatic heterocycles. The summed E-state index contributed by atoms with van der Waals surface area (Å²) in [5.41, 5.74) is 2.94. The normalized spacial score (nSPS) is 10.7. The molecule has 3 rings (SSSR count). The zero-order valence-corrected chi connectivity index (χ0v) is 13.2. The summed E-state index contributed by atoms with van der Waals surface area (Å²) in [4.78, 5) is 0. The molecule has 0 radical (unpaired) electrons. The molecule has 0 saturated heterocycles. The first-order valence-electron chi connectivity index (χ1n) is 7.39. The lowest BCUT2D eigenvalue weighted by Crippen LogP contribution is -1.95. The summed E-state index contributed by atoms with van der Waals surface area (Å²) in [5, 5.41) is 0. The third-order valence-electron chi connectivity index (χ3n) is 3.87. The summed E-state index contributed by atoms with van der Waals surface area (Å²) in [5.74, 6) is -2.75. The van der Waals surface area contributed by atoms with Gasteiger partial charge in [0, 0.05) is 5.56 Å². The van der Waals surface area contributed by atoms with E-state index in [9.17, 15) is 13.2 Å². The van der Waals surface area contributed by atoms with Crippen molar-refractivity contribution in [1.29, 1.82) is 0 Å². The second-order valence-corrected chi connectivity index (χ2v) is 5.53. The third kappa shape index (κ3) is 3.00. The Kier molecular flexibility index (Phi) is 4.30. The SMILES string of the molecule is COc1c(F)cc(-c2ccc(-c3ccc(C)cc3)cc2F)cc1F. The van der Waals surface area contributed by atoms with Gasteiger partial charge in [-0.1, -0.05) is 42.0 Å². The first-order chi connectivity index (χ1) is 11.5. The van der Waals surface area contributed by atoms with Crippen LogP contribution in [-0.2, 0) is 0 Å². The van der Waals surface area contributed by atoms with Gasteiger partial charge in [-0.2, -0.15) is 0 Å². The average Bonchev–Trinajstić information content (AvgIpc) is 2.55. The lowest BCUT2D eigenvalue weighted by atomic mass is 9.99. The largest absolute Gasteiger partial charge is 0.491 e. The summed E-state index contributed by atoms with van der Waals surface area (Å²) >= 11 is 0. The highest BCUT2D eigenvalue weighted by molar-refractivity contribution is 5.71. The number of methoxy groups -OCH3 is 1. The summed E-state index contributed by atoms with van der Waals surface area (Å²) in [6, 6.07) is 14.4. The fourth-order valence-electron chi connectivity index (χ4n) is 2.59. The molecule has 0 aliphatic rings. The second kappa shape index (κ2) is 6.40. The van der Waals surface area contributed by atoms with Gasteiger partial charge in [0.1, 0.15) is 5.82 Å². The maximum Gasteiger partial charge on any atom is 0.190 e. The predicted molar refractivity (Wildman–Crippen MR) is 88.5 cm³/mol.